The van der Waals surface area contributed by atoms with Crippen LogP contribution in [0.4, 0.5) is 10.5 Å². The number of anilines is 1. The van der Waals surface area contributed by atoms with Gasteiger partial charge in [0, 0.05) is 11.3 Å². The number of amides is 3. The Labute approximate surface area is 98.1 Å². The molecule has 0 unspecified atom stereocenters. The second kappa shape index (κ2) is 4.84. The topological polar surface area (TPSA) is 93.5 Å². The van der Waals surface area contributed by atoms with Gasteiger partial charge in [0.2, 0.25) is 0 Å². The standard InChI is InChI=1S/C11H13N3O3/c12-11(16)14-8-3-1-7(2-4-8)10(15)13-9-5-17-6-9/h1-4,9H,5-6H2,(H,13,15)(H3,12,14,16). The van der Waals surface area contributed by atoms with E-state index in [4.69, 9.17) is 10.5 Å². The van der Waals surface area contributed by atoms with Crippen LogP contribution in [0, 0.1) is 0 Å². The molecule has 0 spiro atoms. The molecule has 1 aromatic rings. The van der Waals surface area contributed by atoms with E-state index in [-0.39, 0.29) is 11.9 Å². The van der Waals surface area contributed by atoms with Crippen molar-refractivity contribution >= 4 is 17.6 Å². The van der Waals surface area contributed by atoms with Crippen LogP contribution in [0.3, 0.4) is 0 Å². The molecule has 0 radical (unpaired) electrons. The Bertz CT molecular complexity index is 426. The SMILES string of the molecule is NC(=O)Nc1ccc(C(=O)NC2COC2)cc1. The first kappa shape index (κ1) is 11.4. The van der Waals surface area contributed by atoms with E-state index in [0.717, 1.165) is 0 Å². The number of ether oxygens (including phenoxy) is 1. The molecule has 17 heavy (non-hydrogen) atoms. The van der Waals surface area contributed by atoms with Crippen molar-refractivity contribution in [3.8, 4) is 0 Å². The molecule has 4 N–H and O–H groups in total. The zero-order valence-electron chi connectivity index (χ0n) is 9.10. The van der Waals surface area contributed by atoms with E-state index < -0.39 is 6.03 Å². The lowest BCUT2D eigenvalue weighted by Crippen LogP contribution is -2.48. The Morgan fingerprint density at radius 2 is 1.88 bits per heavy atom. The molecule has 6 heteroatoms. The average Bonchev–Trinajstić information content (AvgIpc) is 2.23. The number of hydrogen-bond donors (Lipinski definition) is 3. The molecular formula is C11H13N3O3. The maximum Gasteiger partial charge on any atom is 0.316 e. The molecule has 0 aromatic heterocycles. The van der Waals surface area contributed by atoms with E-state index in [1.807, 2.05) is 0 Å². The van der Waals surface area contributed by atoms with Crippen LogP contribution < -0.4 is 16.4 Å². The molecule has 90 valence electrons. The van der Waals surface area contributed by atoms with E-state index in [1.54, 1.807) is 24.3 Å². The van der Waals surface area contributed by atoms with Crippen LogP contribution in [0.1, 0.15) is 10.4 Å². The number of nitrogens with two attached hydrogens (primary N) is 1. The van der Waals surface area contributed by atoms with Gasteiger partial charge >= 0.3 is 6.03 Å². The molecule has 2 rings (SSSR count). The molecule has 1 heterocycles. The lowest BCUT2D eigenvalue weighted by Gasteiger charge is -2.26. The molecule has 0 saturated carbocycles. The highest BCUT2D eigenvalue weighted by Gasteiger charge is 2.20. The fourth-order valence-electron chi connectivity index (χ4n) is 1.43. The van der Waals surface area contributed by atoms with Gasteiger partial charge in [0.1, 0.15) is 0 Å². The van der Waals surface area contributed by atoms with Gasteiger partial charge in [-0.15, -0.1) is 0 Å². The van der Waals surface area contributed by atoms with Gasteiger partial charge in [0.15, 0.2) is 0 Å². The number of primary amides is 1. The molecule has 3 amide bonds. The molecule has 1 aromatic carbocycles. The van der Waals surface area contributed by atoms with Crippen molar-refractivity contribution in [1.29, 1.82) is 0 Å². The summed E-state index contributed by atoms with van der Waals surface area (Å²) in [6, 6.07) is 5.97. The minimum atomic E-state index is -0.631. The summed E-state index contributed by atoms with van der Waals surface area (Å²) in [7, 11) is 0. The van der Waals surface area contributed by atoms with Crippen molar-refractivity contribution in [3.05, 3.63) is 29.8 Å². The van der Waals surface area contributed by atoms with E-state index in [0.29, 0.717) is 24.5 Å². The zero-order chi connectivity index (χ0) is 12.3. The summed E-state index contributed by atoms with van der Waals surface area (Å²) in [6.45, 7) is 1.13. The van der Waals surface area contributed by atoms with Crippen LogP contribution in [0.15, 0.2) is 24.3 Å². The van der Waals surface area contributed by atoms with Crippen molar-refractivity contribution < 1.29 is 14.3 Å². The summed E-state index contributed by atoms with van der Waals surface area (Å²) in [5, 5.41) is 5.24. The maximum atomic E-state index is 11.7. The number of nitrogens with one attached hydrogen (secondary N) is 2. The molecule has 1 saturated heterocycles. The minimum absolute atomic E-state index is 0.103. The smallest absolute Gasteiger partial charge is 0.316 e. The predicted molar refractivity (Wildman–Crippen MR) is 61.7 cm³/mol. The minimum Gasteiger partial charge on any atom is -0.377 e. The van der Waals surface area contributed by atoms with Gasteiger partial charge in [-0.05, 0) is 24.3 Å². The van der Waals surface area contributed by atoms with E-state index in [2.05, 4.69) is 10.6 Å². The number of hydrogen-bond acceptors (Lipinski definition) is 3. The van der Waals surface area contributed by atoms with Gasteiger partial charge in [-0.2, -0.15) is 0 Å². The van der Waals surface area contributed by atoms with E-state index in [9.17, 15) is 9.59 Å². The second-order valence-corrected chi connectivity index (χ2v) is 3.77. The van der Waals surface area contributed by atoms with Gasteiger partial charge in [-0.3, -0.25) is 4.79 Å². The molecule has 1 aliphatic rings. The lowest BCUT2D eigenvalue weighted by molar-refractivity contribution is -0.00346. The molecule has 0 aliphatic carbocycles. The van der Waals surface area contributed by atoms with Gasteiger partial charge in [-0.25, -0.2) is 4.79 Å². The molecule has 6 nitrogen and oxygen atoms in total. The highest BCUT2D eigenvalue weighted by Crippen LogP contribution is 2.10. The van der Waals surface area contributed by atoms with Crippen molar-refractivity contribution in [3.63, 3.8) is 0 Å². The molecule has 0 atom stereocenters. The number of benzene rings is 1. The summed E-state index contributed by atoms with van der Waals surface area (Å²) in [6.07, 6.45) is 0. The molecule has 1 fully saturated rings. The second-order valence-electron chi connectivity index (χ2n) is 3.77. The van der Waals surface area contributed by atoms with Crippen molar-refractivity contribution in [2.45, 2.75) is 6.04 Å². The molecular weight excluding hydrogens is 222 g/mol. The highest BCUT2D eigenvalue weighted by molar-refractivity contribution is 5.95. The summed E-state index contributed by atoms with van der Waals surface area (Å²) in [4.78, 5) is 22.3. The fraction of sp³-hybridized carbons (Fsp3) is 0.273. The summed E-state index contributed by atoms with van der Waals surface area (Å²) in [5.74, 6) is -0.149. The fourth-order valence-corrected chi connectivity index (χ4v) is 1.43. The van der Waals surface area contributed by atoms with Crippen molar-refractivity contribution in [1.82, 2.24) is 5.32 Å². The Morgan fingerprint density at radius 1 is 1.24 bits per heavy atom. The number of rotatable bonds is 3. The first-order valence-corrected chi connectivity index (χ1v) is 5.20. The highest BCUT2D eigenvalue weighted by atomic mass is 16.5. The van der Waals surface area contributed by atoms with Crippen LogP contribution >= 0.6 is 0 Å². The third kappa shape index (κ3) is 2.94. The Morgan fingerprint density at radius 3 is 2.35 bits per heavy atom. The van der Waals surface area contributed by atoms with Crippen LogP contribution in [0.2, 0.25) is 0 Å². The van der Waals surface area contributed by atoms with E-state index in [1.165, 1.54) is 0 Å². The Balaban J connectivity index is 1.96. The predicted octanol–water partition coefficient (Wildman–Crippen LogP) is 0.306. The summed E-state index contributed by atoms with van der Waals surface area (Å²) in [5.41, 5.74) is 6.06. The summed E-state index contributed by atoms with van der Waals surface area (Å²) < 4.78 is 4.96. The number of carbonyl (C=O) groups excluding carboxylic acids is 2. The normalized spacial score (nSPS) is 14.8. The number of carbonyl (C=O) groups is 2. The molecule has 1 aliphatic heterocycles. The monoisotopic (exact) mass is 235 g/mol. The van der Waals surface area contributed by atoms with Gasteiger partial charge < -0.3 is 21.1 Å². The Kier molecular flexibility index (Phi) is 3.24. The maximum absolute atomic E-state index is 11.7. The lowest BCUT2D eigenvalue weighted by atomic mass is 10.1. The third-order valence-corrected chi connectivity index (χ3v) is 2.39. The van der Waals surface area contributed by atoms with Gasteiger partial charge in [-0.1, -0.05) is 0 Å². The van der Waals surface area contributed by atoms with Crippen molar-refractivity contribution in [2.75, 3.05) is 18.5 Å². The number of urea groups is 1. The van der Waals surface area contributed by atoms with Gasteiger partial charge in [0.25, 0.3) is 5.91 Å². The first-order valence-electron chi connectivity index (χ1n) is 5.20. The summed E-state index contributed by atoms with van der Waals surface area (Å²) >= 11 is 0. The zero-order valence-corrected chi connectivity index (χ0v) is 9.10. The quantitative estimate of drug-likeness (QED) is 0.703. The van der Waals surface area contributed by atoms with Crippen LogP contribution in [0.5, 0.6) is 0 Å². The van der Waals surface area contributed by atoms with Gasteiger partial charge in [0.05, 0.1) is 19.3 Å². The Hall–Kier alpha value is -2.08. The van der Waals surface area contributed by atoms with Crippen molar-refractivity contribution in [2.24, 2.45) is 5.73 Å². The van der Waals surface area contributed by atoms with Crippen LogP contribution in [0.25, 0.3) is 0 Å². The van der Waals surface area contributed by atoms with Crippen LogP contribution in [-0.4, -0.2) is 31.2 Å². The molecule has 0 bridgehead atoms. The van der Waals surface area contributed by atoms with E-state index >= 15 is 0 Å². The average molecular weight is 235 g/mol. The first-order chi connectivity index (χ1) is 8.15. The van der Waals surface area contributed by atoms with Crippen LogP contribution in [-0.2, 0) is 4.74 Å². The third-order valence-electron chi connectivity index (χ3n) is 2.39. The largest absolute Gasteiger partial charge is 0.377 e.